The van der Waals surface area contributed by atoms with E-state index < -0.39 is 0 Å². The van der Waals surface area contributed by atoms with E-state index in [9.17, 15) is 0 Å². The van der Waals surface area contributed by atoms with Gasteiger partial charge in [0, 0.05) is 19.7 Å². The molecular formula is C14H28IN3O2. The number of hydrogen-bond acceptors (Lipinski definition) is 3. The van der Waals surface area contributed by atoms with Crippen LogP contribution < -0.4 is 5.73 Å². The summed E-state index contributed by atoms with van der Waals surface area (Å²) in [5.74, 6) is 1.49. The molecule has 2 aliphatic rings. The summed E-state index contributed by atoms with van der Waals surface area (Å²) in [5.41, 5.74) is 5.99. The van der Waals surface area contributed by atoms with Gasteiger partial charge < -0.3 is 20.1 Å². The minimum absolute atomic E-state index is 0. The number of hydrogen-bond donors (Lipinski definition) is 1. The van der Waals surface area contributed by atoms with E-state index in [1.807, 2.05) is 0 Å². The van der Waals surface area contributed by atoms with Crippen molar-refractivity contribution in [3.63, 3.8) is 0 Å². The highest BCUT2D eigenvalue weighted by atomic mass is 127. The minimum atomic E-state index is 0. The van der Waals surface area contributed by atoms with Crippen LogP contribution in [0, 0.1) is 5.92 Å². The van der Waals surface area contributed by atoms with Crippen LogP contribution in [0.3, 0.4) is 0 Å². The van der Waals surface area contributed by atoms with Gasteiger partial charge in [0.15, 0.2) is 5.96 Å². The summed E-state index contributed by atoms with van der Waals surface area (Å²) in [7, 11) is 0. The molecule has 2 aliphatic heterocycles. The molecule has 0 spiro atoms. The first-order valence-electron chi connectivity index (χ1n) is 7.50. The van der Waals surface area contributed by atoms with E-state index in [-0.39, 0.29) is 24.0 Å². The first-order chi connectivity index (χ1) is 9.25. The molecule has 6 heteroatoms. The van der Waals surface area contributed by atoms with Gasteiger partial charge in [0.05, 0.1) is 25.9 Å². The van der Waals surface area contributed by atoms with Crippen molar-refractivity contribution in [2.45, 2.75) is 38.7 Å². The van der Waals surface area contributed by atoms with Crippen molar-refractivity contribution in [3.8, 4) is 0 Å². The zero-order chi connectivity index (χ0) is 13.5. The van der Waals surface area contributed by atoms with Gasteiger partial charge in [-0.3, -0.25) is 4.99 Å². The molecule has 1 atom stereocenters. The topological polar surface area (TPSA) is 60.1 Å². The number of piperidine rings is 1. The Labute approximate surface area is 139 Å². The quantitative estimate of drug-likeness (QED) is 0.333. The normalized spacial score (nSPS) is 24.8. The number of guanidine groups is 1. The van der Waals surface area contributed by atoms with Crippen LogP contribution in [-0.4, -0.2) is 56.4 Å². The Morgan fingerprint density at radius 1 is 1.35 bits per heavy atom. The van der Waals surface area contributed by atoms with Crippen LogP contribution in [0.4, 0.5) is 0 Å². The van der Waals surface area contributed by atoms with Gasteiger partial charge >= 0.3 is 0 Å². The molecule has 0 aromatic carbocycles. The van der Waals surface area contributed by atoms with Crippen molar-refractivity contribution in [3.05, 3.63) is 0 Å². The summed E-state index contributed by atoms with van der Waals surface area (Å²) in [4.78, 5) is 6.57. The van der Waals surface area contributed by atoms with Crippen molar-refractivity contribution in [1.29, 1.82) is 0 Å². The average Bonchev–Trinajstić information content (AvgIpc) is 2.92. The highest BCUT2D eigenvalue weighted by molar-refractivity contribution is 14.0. The molecule has 0 aromatic rings. The van der Waals surface area contributed by atoms with Crippen LogP contribution in [0.5, 0.6) is 0 Å². The molecule has 0 bridgehead atoms. The molecule has 2 N–H and O–H groups in total. The van der Waals surface area contributed by atoms with Crippen molar-refractivity contribution in [1.82, 2.24) is 4.90 Å². The third-order valence-corrected chi connectivity index (χ3v) is 3.94. The van der Waals surface area contributed by atoms with Crippen LogP contribution in [0.15, 0.2) is 4.99 Å². The third kappa shape index (κ3) is 6.13. The van der Waals surface area contributed by atoms with E-state index in [0.29, 0.717) is 31.8 Å². The van der Waals surface area contributed by atoms with E-state index in [1.165, 1.54) is 12.8 Å². The minimum Gasteiger partial charge on any atom is -0.377 e. The molecule has 2 rings (SSSR count). The Hall–Kier alpha value is -0.0800. The molecule has 2 heterocycles. The van der Waals surface area contributed by atoms with Gasteiger partial charge in [-0.25, -0.2) is 0 Å². The van der Waals surface area contributed by atoms with Crippen LogP contribution in [0.1, 0.15) is 32.6 Å². The van der Waals surface area contributed by atoms with Crippen LogP contribution in [0.2, 0.25) is 0 Å². The van der Waals surface area contributed by atoms with Crippen LogP contribution >= 0.6 is 24.0 Å². The summed E-state index contributed by atoms with van der Waals surface area (Å²) in [6.07, 6.45) is 5.01. The number of rotatable bonds is 5. The second-order valence-electron chi connectivity index (χ2n) is 5.62. The lowest BCUT2D eigenvalue weighted by Gasteiger charge is -2.31. The molecule has 0 amide bonds. The molecule has 2 fully saturated rings. The zero-order valence-electron chi connectivity index (χ0n) is 12.4. The summed E-state index contributed by atoms with van der Waals surface area (Å²) in [6.45, 7) is 7.21. The number of nitrogens with two attached hydrogens (primary N) is 1. The van der Waals surface area contributed by atoms with Crippen molar-refractivity contribution in [2.75, 3.05) is 39.5 Å². The maximum atomic E-state index is 5.99. The predicted molar refractivity (Wildman–Crippen MR) is 91.7 cm³/mol. The first kappa shape index (κ1) is 18.0. The van der Waals surface area contributed by atoms with Crippen molar-refractivity contribution >= 4 is 29.9 Å². The van der Waals surface area contributed by atoms with E-state index >= 15 is 0 Å². The summed E-state index contributed by atoms with van der Waals surface area (Å²) < 4.78 is 11.1. The summed E-state index contributed by atoms with van der Waals surface area (Å²) in [6, 6.07) is 0. The molecule has 0 saturated carbocycles. The highest BCUT2D eigenvalue weighted by Gasteiger charge is 2.17. The molecule has 2 saturated heterocycles. The fraction of sp³-hybridized carbons (Fsp3) is 0.929. The highest BCUT2D eigenvalue weighted by Crippen LogP contribution is 2.15. The number of likely N-dealkylation sites (tertiary alicyclic amines) is 1. The van der Waals surface area contributed by atoms with Gasteiger partial charge in [0.25, 0.3) is 0 Å². The van der Waals surface area contributed by atoms with E-state index in [1.54, 1.807) is 0 Å². The van der Waals surface area contributed by atoms with Crippen LogP contribution in [-0.2, 0) is 9.47 Å². The molecule has 1 unspecified atom stereocenters. The SMILES string of the molecule is CC1CCN(C(N)=NCCOCC2CCCO2)CC1.I. The molecule has 0 aliphatic carbocycles. The van der Waals surface area contributed by atoms with E-state index in [0.717, 1.165) is 38.5 Å². The Morgan fingerprint density at radius 3 is 2.75 bits per heavy atom. The predicted octanol–water partition coefficient (Wildman–Crippen LogP) is 1.85. The van der Waals surface area contributed by atoms with Crippen molar-refractivity contribution in [2.24, 2.45) is 16.6 Å². The Kier molecular flexibility index (Phi) is 8.79. The fourth-order valence-electron chi connectivity index (χ4n) is 2.55. The number of halogens is 1. The van der Waals surface area contributed by atoms with Gasteiger partial charge in [-0.2, -0.15) is 0 Å². The standard InChI is InChI=1S/C14H27N3O2.HI/c1-12-4-7-17(8-5-12)14(15)16-6-10-18-11-13-3-2-9-19-13;/h12-13H,2-11H2,1H3,(H2,15,16);1H. The average molecular weight is 397 g/mol. The Morgan fingerprint density at radius 2 is 2.10 bits per heavy atom. The molecule has 118 valence electrons. The fourth-order valence-corrected chi connectivity index (χ4v) is 2.55. The third-order valence-electron chi connectivity index (χ3n) is 3.94. The van der Waals surface area contributed by atoms with Gasteiger partial charge in [-0.15, -0.1) is 24.0 Å². The summed E-state index contributed by atoms with van der Waals surface area (Å²) >= 11 is 0. The van der Waals surface area contributed by atoms with Gasteiger partial charge in [-0.1, -0.05) is 6.92 Å². The van der Waals surface area contributed by atoms with Gasteiger partial charge in [-0.05, 0) is 31.6 Å². The van der Waals surface area contributed by atoms with Gasteiger partial charge in [0.1, 0.15) is 0 Å². The molecule has 5 nitrogen and oxygen atoms in total. The van der Waals surface area contributed by atoms with Crippen LogP contribution in [0.25, 0.3) is 0 Å². The van der Waals surface area contributed by atoms with Crippen molar-refractivity contribution < 1.29 is 9.47 Å². The second kappa shape index (κ2) is 9.78. The number of ether oxygens (including phenoxy) is 2. The van der Waals surface area contributed by atoms with E-state index in [4.69, 9.17) is 15.2 Å². The Balaban J connectivity index is 0.00000200. The first-order valence-corrected chi connectivity index (χ1v) is 7.50. The largest absolute Gasteiger partial charge is 0.377 e. The molecule has 0 aromatic heterocycles. The molecular weight excluding hydrogens is 369 g/mol. The lowest BCUT2D eigenvalue weighted by atomic mass is 10.00. The molecule has 20 heavy (non-hydrogen) atoms. The Bertz CT molecular complexity index is 288. The maximum Gasteiger partial charge on any atom is 0.191 e. The second-order valence-corrected chi connectivity index (χ2v) is 5.62. The maximum absolute atomic E-state index is 5.99. The molecule has 0 radical (unpaired) electrons. The summed E-state index contributed by atoms with van der Waals surface area (Å²) in [5, 5.41) is 0. The van der Waals surface area contributed by atoms with E-state index in [2.05, 4.69) is 16.8 Å². The number of nitrogens with zero attached hydrogens (tertiary/aromatic N) is 2. The monoisotopic (exact) mass is 397 g/mol. The zero-order valence-corrected chi connectivity index (χ0v) is 14.8. The number of aliphatic imine (C=N–C) groups is 1. The lowest BCUT2D eigenvalue weighted by molar-refractivity contribution is 0.0199. The lowest BCUT2D eigenvalue weighted by Crippen LogP contribution is -2.42. The smallest absolute Gasteiger partial charge is 0.191 e. The van der Waals surface area contributed by atoms with Gasteiger partial charge in [0.2, 0.25) is 0 Å².